The smallest absolute Gasteiger partial charge is 0.254 e. The largest absolute Gasteiger partial charge is 0.495 e. The molecule has 0 spiro atoms. The van der Waals surface area contributed by atoms with Crippen LogP contribution in [-0.2, 0) is 16.6 Å². The van der Waals surface area contributed by atoms with Crippen molar-refractivity contribution in [2.24, 2.45) is 0 Å². The van der Waals surface area contributed by atoms with Gasteiger partial charge in [-0.2, -0.15) is 4.31 Å². The summed E-state index contributed by atoms with van der Waals surface area (Å²) in [5.74, 6) is 0.601. The lowest BCUT2D eigenvalue weighted by atomic mass is 10.1. The second-order valence-electron chi connectivity index (χ2n) is 7.07. The van der Waals surface area contributed by atoms with Crippen molar-refractivity contribution >= 4 is 15.9 Å². The van der Waals surface area contributed by atoms with E-state index in [1.165, 1.54) is 28.4 Å². The van der Waals surface area contributed by atoms with Crippen LogP contribution in [0, 0.1) is 0 Å². The highest BCUT2D eigenvalue weighted by atomic mass is 32.2. The van der Waals surface area contributed by atoms with Crippen LogP contribution >= 0.6 is 0 Å². The van der Waals surface area contributed by atoms with E-state index in [-0.39, 0.29) is 28.2 Å². The Bertz CT molecular complexity index is 924. The summed E-state index contributed by atoms with van der Waals surface area (Å²) in [5, 5.41) is 0. The van der Waals surface area contributed by atoms with Crippen LogP contribution in [0.2, 0.25) is 0 Å². The van der Waals surface area contributed by atoms with Crippen LogP contribution in [0.25, 0.3) is 0 Å². The van der Waals surface area contributed by atoms with Gasteiger partial charge in [-0.15, -0.1) is 0 Å². The number of piperidine rings is 1. The Labute approximate surface area is 165 Å². The predicted molar refractivity (Wildman–Crippen MR) is 105 cm³/mol. The summed E-state index contributed by atoms with van der Waals surface area (Å²) in [6.07, 6.45) is 4.22. The molecule has 1 unspecified atom stereocenters. The fraction of sp³-hybridized carbons (Fsp3) is 0.450. The van der Waals surface area contributed by atoms with Gasteiger partial charge in [0.05, 0.1) is 19.9 Å². The summed E-state index contributed by atoms with van der Waals surface area (Å²) >= 11 is 0. The molecule has 2 heterocycles. The van der Waals surface area contributed by atoms with Crippen LogP contribution in [0.3, 0.4) is 0 Å². The minimum absolute atomic E-state index is 0.0287. The van der Waals surface area contributed by atoms with Gasteiger partial charge in [-0.05, 0) is 50.1 Å². The molecular weight excluding hydrogens is 380 g/mol. The minimum atomic E-state index is -3.77. The van der Waals surface area contributed by atoms with Gasteiger partial charge in [0, 0.05) is 25.2 Å². The number of carbonyl (C=O) groups is 1. The highest BCUT2D eigenvalue weighted by molar-refractivity contribution is 7.89. The molecule has 1 aromatic carbocycles. The topological polar surface area (TPSA) is 80.1 Å². The maximum Gasteiger partial charge on any atom is 0.254 e. The van der Waals surface area contributed by atoms with Crippen molar-refractivity contribution in [1.82, 2.24) is 9.21 Å². The molecule has 0 N–H and O–H groups in total. The van der Waals surface area contributed by atoms with E-state index < -0.39 is 10.0 Å². The standard InChI is InChI=1S/C20H26N2O5S/c1-15-7-4-5-11-22(15)28(24,25)19-13-16(9-10-18(19)26-3)20(23)21(2)14-17-8-6-12-27-17/h6,8-10,12-13,15H,4-5,7,11,14H2,1-3H3. The van der Waals surface area contributed by atoms with Crippen LogP contribution in [0.15, 0.2) is 45.9 Å². The number of methoxy groups -OCH3 is 1. The van der Waals surface area contributed by atoms with E-state index in [9.17, 15) is 13.2 Å². The quantitative estimate of drug-likeness (QED) is 0.736. The van der Waals surface area contributed by atoms with Gasteiger partial charge < -0.3 is 14.1 Å². The molecule has 1 fully saturated rings. The Balaban J connectivity index is 1.92. The maximum absolute atomic E-state index is 13.3. The Hall–Kier alpha value is -2.32. The van der Waals surface area contributed by atoms with Crippen molar-refractivity contribution in [3.8, 4) is 5.75 Å². The summed E-state index contributed by atoms with van der Waals surface area (Å²) in [7, 11) is -0.689. The van der Waals surface area contributed by atoms with Gasteiger partial charge in [0.2, 0.25) is 10.0 Å². The number of carbonyl (C=O) groups excluding carboxylic acids is 1. The molecule has 152 valence electrons. The molecule has 0 radical (unpaired) electrons. The third-order valence-corrected chi connectivity index (χ3v) is 7.09. The van der Waals surface area contributed by atoms with E-state index in [2.05, 4.69) is 0 Å². The minimum Gasteiger partial charge on any atom is -0.495 e. The highest BCUT2D eigenvalue weighted by Gasteiger charge is 2.33. The van der Waals surface area contributed by atoms with Gasteiger partial charge in [0.1, 0.15) is 16.4 Å². The number of benzene rings is 1. The lowest BCUT2D eigenvalue weighted by Gasteiger charge is -2.32. The number of furan rings is 1. The van der Waals surface area contributed by atoms with E-state index in [1.807, 2.05) is 6.92 Å². The van der Waals surface area contributed by atoms with Crippen LogP contribution in [0.4, 0.5) is 0 Å². The molecule has 8 heteroatoms. The average molecular weight is 407 g/mol. The fourth-order valence-corrected chi connectivity index (χ4v) is 5.38. The lowest BCUT2D eigenvalue weighted by molar-refractivity contribution is 0.0775. The highest BCUT2D eigenvalue weighted by Crippen LogP contribution is 2.32. The Morgan fingerprint density at radius 2 is 2.11 bits per heavy atom. The first-order valence-electron chi connectivity index (χ1n) is 9.32. The average Bonchev–Trinajstić information content (AvgIpc) is 3.20. The lowest BCUT2D eigenvalue weighted by Crippen LogP contribution is -2.42. The van der Waals surface area contributed by atoms with Crippen molar-refractivity contribution in [2.75, 3.05) is 20.7 Å². The zero-order valence-electron chi connectivity index (χ0n) is 16.4. The van der Waals surface area contributed by atoms with Gasteiger partial charge in [-0.1, -0.05) is 6.42 Å². The normalized spacial score (nSPS) is 18.0. The van der Waals surface area contributed by atoms with E-state index in [0.717, 1.165) is 19.3 Å². The Morgan fingerprint density at radius 3 is 2.75 bits per heavy atom. The molecule has 1 aliphatic heterocycles. The zero-order valence-corrected chi connectivity index (χ0v) is 17.2. The summed E-state index contributed by atoms with van der Waals surface area (Å²) in [4.78, 5) is 14.3. The van der Waals surface area contributed by atoms with Crippen LogP contribution < -0.4 is 4.74 Å². The van der Waals surface area contributed by atoms with Gasteiger partial charge >= 0.3 is 0 Å². The molecule has 1 amide bonds. The summed E-state index contributed by atoms with van der Waals surface area (Å²) < 4.78 is 38.6. The number of hydrogen-bond acceptors (Lipinski definition) is 5. The monoisotopic (exact) mass is 406 g/mol. The zero-order chi connectivity index (χ0) is 20.3. The number of hydrogen-bond donors (Lipinski definition) is 0. The molecule has 0 aliphatic carbocycles. The molecule has 1 aromatic heterocycles. The molecule has 1 atom stereocenters. The molecular formula is C20H26N2O5S. The number of rotatable bonds is 6. The van der Waals surface area contributed by atoms with Crippen molar-refractivity contribution < 1.29 is 22.4 Å². The second-order valence-corrected chi connectivity index (χ2v) is 8.93. The van der Waals surface area contributed by atoms with E-state index in [4.69, 9.17) is 9.15 Å². The molecule has 0 bridgehead atoms. The SMILES string of the molecule is COc1ccc(C(=O)N(C)Cc2ccco2)cc1S(=O)(=O)N1CCCCC1C. The summed E-state index contributed by atoms with van der Waals surface area (Å²) in [6, 6.07) is 7.99. The first-order chi connectivity index (χ1) is 13.3. The third-order valence-electron chi connectivity index (χ3n) is 5.06. The molecule has 0 saturated carbocycles. The molecule has 1 saturated heterocycles. The van der Waals surface area contributed by atoms with E-state index in [1.54, 1.807) is 31.5 Å². The van der Waals surface area contributed by atoms with Crippen molar-refractivity contribution in [3.63, 3.8) is 0 Å². The summed E-state index contributed by atoms with van der Waals surface area (Å²) in [6.45, 7) is 2.68. The van der Waals surface area contributed by atoms with Crippen molar-refractivity contribution in [1.29, 1.82) is 0 Å². The van der Waals surface area contributed by atoms with Crippen molar-refractivity contribution in [2.45, 2.75) is 43.7 Å². The second kappa shape index (κ2) is 8.36. The molecule has 7 nitrogen and oxygen atoms in total. The van der Waals surface area contributed by atoms with E-state index in [0.29, 0.717) is 18.8 Å². The Kier molecular flexibility index (Phi) is 6.10. The van der Waals surface area contributed by atoms with Gasteiger partial charge in [-0.25, -0.2) is 8.42 Å². The number of nitrogens with zero attached hydrogens (tertiary/aromatic N) is 2. The number of amides is 1. The first kappa shape index (κ1) is 20.4. The van der Waals surface area contributed by atoms with E-state index >= 15 is 0 Å². The fourth-order valence-electron chi connectivity index (χ4n) is 3.49. The van der Waals surface area contributed by atoms with Gasteiger partial charge in [0.25, 0.3) is 5.91 Å². The molecule has 3 rings (SSSR count). The predicted octanol–water partition coefficient (Wildman–Crippen LogP) is 3.12. The van der Waals surface area contributed by atoms with Gasteiger partial charge in [-0.3, -0.25) is 4.79 Å². The first-order valence-corrected chi connectivity index (χ1v) is 10.8. The molecule has 2 aromatic rings. The molecule has 28 heavy (non-hydrogen) atoms. The summed E-state index contributed by atoms with van der Waals surface area (Å²) in [5.41, 5.74) is 0.290. The number of ether oxygens (including phenoxy) is 1. The van der Waals surface area contributed by atoms with Crippen LogP contribution in [-0.4, -0.2) is 50.3 Å². The maximum atomic E-state index is 13.3. The van der Waals surface area contributed by atoms with Gasteiger partial charge in [0.15, 0.2) is 0 Å². The van der Waals surface area contributed by atoms with Crippen LogP contribution in [0.1, 0.15) is 42.3 Å². The van der Waals surface area contributed by atoms with Crippen LogP contribution in [0.5, 0.6) is 5.75 Å². The third kappa shape index (κ3) is 4.07. The Morgan fingerprint density at radius 1 is 1.32 bits per heavy atom. The number of sulfonamides is 1. The van der Waals surface area contributed by atoms with Crippen molar-refractivity contribution in [3.05, 3.63) is 47.9 Å². The molecule has 1 aliphatic rings.